The van der Waals surface area contributed by atoms with Gasteiger partial charge in [-0.15, -0.1) is 0 Å². The van der Waals surface area contributed by atoms with Crippen molar-refractivity contribution in [3.63, 3.8) is 0 Å². The molecule has 0 amide bonds. The molecule has 1 N–H and O–H groups in total. The second-order valence-electron chi connectivity index (χ2n) is 3.53. The Morgan fingerprint density at radius 3 is 2.71 bits per heavy atom. The third-order valence-electron chi connectivity index (χ3n) is 2.16. The van der Waals surface area contributed by atoms with Crippen LogP contribution in [0.4, 0.5) is 0 Å². The molecule has 0 aliphatic rings. The zero-order valence-corrected chi connectivity index (χ0v) is 9.77. The van der Waals surface area contributed by atoms with Gasteiger partial charge in [-0.25, -0.2) is 14.8 Å². The molecule has 0 fully saturated rings. The summed E-state index contributed by atoms with van der Waals surface area (Å²) in [5, 5.41) is 9.48. The number of hydrogen-bond donors (Lipinski definition) is 1. The lowest BCUT2D eigenvalue weighted by atomic mass is 10.2. The van der Waals surface area contributed by atoms with E-state index in [4.69, 9.17) is 16.7 Å². The van der Waals surface area contributed by atoms with E-state index in [-0.39, 0.29) is 5.69 Å². The van der Waals surface area contributed by atoms with Crippen molar-refractivity contribution in [2.45, 2.75) is 6.92 Å². The van der Waals surface area contributed by atoms with Gasteiger partial charge >= 0.3 is 5.97 Å². The van der Waals surface area contributed by atoms with Gasteiger partial charge in [-0.2, -0.15) is 0 Å². The van der Waals surface area contributed by atoms with Gasteiger partial charge in [0.15, 0.2) is 11.5 Å². The van der Waals surface area contributed by atoms with Crippen LogP contribution in [-0.2, 0) is 0 Å². The Bertz CT molecular complexity index is 584. The molecule has 0 spiro atoms. The topological polar surface area (TPSA) is 63.1 Å². The minimum absolute atomic E-state index is 0.0209. The summed E-state index contributed by atoms with van der Waals surface area (Å²) in [7, 11) is 0. The molecular weight excluding hydrogens is 240 g/mol. The predicted molar refractivity (Wildman–Crippen MR) is 64.2 cm³/mol. The van der Waals surface area contributed by atoms with Crippen LogP contribution in [0.1, 0.15) is 16.2 Å². The molecule has 86 valence electrons. The van der Waals surface area contributed by atoms with Gasteiger partial charge in [0.05, 0.1) is 0 Å². The Morgan fingerprint density at radius 2 is 2.06 bits per heavy atom. The molecule has 2 rings (SSSR count). The highest BCUT2D eigenvalue weighted by Gasteiger charge is 2.10. The summed E-state index contributed by atoms with van der Waals surface area (Å²) in [4.78, 5) is 19.1. The highest BCUT2D eigenvalue weighted by atomic mass is 35.5. The average Bonchev–Trinajstić information content (AvgIpc) is 2.28. The van der Waals surface area contributed by atoms with Crippen LogP contribution in [0, 0.1) is 6.92 Å². The summed E-state index contributed by atoms with van der Waals surface area (Å²) in [6.45, 7) is 1.72. The fourth-order valence-electron chi connectivity index (χ4n) is 1.43. The number of nitrogens with zero attached hydrogens (tertiary/aromatic N) is 2. The molecular formula is C12H9ClN2O2. The molecule has 0 unspecified atom stereocenters. The van der Waals surface area contributed by atoms with Gasteiger partial charge < -0.3 is 5.11 Å². The molecule has 4 nitrogen and oxygen atoms in total. The molecule has 0 saturated carbocycles. The van der Waals surface area contributed by atoms with E-state index in [0.717, 1.165) is 0 Å². The summed E-state index contributed by atoms with van der Waals surface area (Å²) in [5.41, 5.74) is 1.28. The van der Waals surface area contributed by atoms with Crippen molar-refractivity contribution < 1.29 is 9.90 Å². The van der Waals surface area contributed by atoms with Crippen LogP contribution in [0.15, 0.2) is 30.3 Å². The van der Waals surface area contributed by atoms with E-state index in [2.05, 4.69) is 9.97 Å². The number of carboxylic acids is 1. The van der Waals surface area contributed by atoms with Crippen LogP contribution < -0.4 is 0 Å². The predicted octanol–water partition coefficient (Wildman–Crippen LogP) is 2.80. The van der Waals surface area contributed by atoms with Crippen LogP contribution in [0.25, 0.3) is 11.4 Å². The molecule has 0 atom stereocenters. The van der Waals surface area contributed by atoms with Crippen LogP contribution in [0.5, 0.6) is 0 Å². The van der Waals surface area contributed by atoms with Gasteiger partial charge in [0, 0.05) is 16.3 Å². The van der Waals surface area contributed by atoms with E-state index >= 15 is 0 Å². The largest absolute Gasteiger partial charge is 0.477 e. The van der Waals surface area contributed by atoms with Crippen molar-refractivity contribution in [2.24, 2.45) is 0 Å². The first-order valence-corrected chi connectivity index (χ1v) is 5.29. The summed E-state index contributed by atoms with van der Waals surface area (Å²) in [6.07, 6.45) is 0. The SMILES string of the molecule is Cc1cc(C(=O)O)nc(-c2cccc(Cl)c2)n1. The Balaban J connectivity index is 2.56. The van der Waals surface area contributed by atoms with Gasteiger partial charge in [-0.05, 0) is 25.1 Å². The summed E-state index contributed by atoms with van der Waals surface area (Å²) in [5.74, 6) is -0.705. The van der Waals surface area contributed by atoms with Gasteiger partial charge in [0.1, 0.15) is 0 Å². The normalized spacial score (nSPS) is 10.2. The second kappa shape index (κ2) is 4.51. The Kier molecular flexibility index (Phi) is 3.06. The molecule has 1 aromatic carbocycles. The monoisotopic (exact) mass is 248 g/mol. The molecule has 1 aromatic heterocycles. The van der Waals surface area contributed by atoms with E-state index < -0.39 is 5.97 Å². The molecule has 0 radical (unpaired) electrons. The zero-order valence-electron chi connectivity index (χ0n) is 9.01. The lowest BCUT2D eigenvalue weighted by Crippen LogP contribution is -2.04. The number of carbonyl (C=O) groups is 1. The maximum absolute atomic E-state index is 10.9. The highest BCUT2D eigenvalue weighted by Crippen LogP contribution is 2.20. The molecule has 0 bridgehead atoms. The Labute approximate surface area is 103 Å². The third kappa shape index (κ3) is 2.60. The lowest BCUT2D eigenvalue weighted by Gasteiger charge is -2.03. The average molecular weight is 249 g/mol. The number of halogens is 1. The maximum Gasteiger partial charge on any atom is 0.354 e. The standard InChI is InChI=1S/C12H9ClN2O2/c1-7-5-10(12(16)17)15-11(14-7)8-3-2-4-9(13)6-8/h2-6H,1H3,(H,16,17). The molecule has 0 aliphatic carbocycles. The van der Waals surface area contributed by atoms with Crippen molar-refractivity contribution in [3.05, 3.63) is 46.7 Å². The van der Waals surface area contributed by atoms with E-state index in [1.165, 1.54) is 6.07 Å². The van der Waals surface area contributed by atoms with Crippen molar-refractivity contribution in [3.8, 4) is 11.4 Å². The van der Waals surface area contributed by atoms with Gasteiger partial charge in [-0.1, -0.05) is 23.7 Å². The summed E-state index contributed by atoms with van der Waals surface area (Å²) < 4.78 is 0. The lowest BCUT2D eigenvalue weighted by molar-refractivity contribution is 0.0690. The fourth-order valence-corrected chi connectivity index (χ4v) is 1.63. The van der Waals surface area contributed by atoms with Crippen LogP contribution in [0.3, 0.4) is 0 Å². The minimum atomic E-state index is -1.07. The second-order valence-corrected chi connectivity index (χ2v) is 3.97. The first kappa shape index (κ1) is 11.5. The van der Waals surface area contributed by atoms with Gasteiger partial charge in [-0.3, -0.25) is 0 Å². The van der Waals surface area contributed by atoms with Crippen molar-refractivity contribution in [1.82, 2.24) is 9.97 Å². The number of aryl methyl sites for hydroxylation is 1. The smallest absolute Gasteiger partial charge is 0.354 e. The Hall–Kier alpha value is -1.94. The van der Waals surface area contributed by atoms with Gasteiger partial charge in [0.25, 0.3) is 0 Å². The first-order valence-electron chi connectivity index (χ1n) is 4.91. The van der Waals surface area contributed by atoms with E-state index in [1.54, 1.807) is 31.2 Å². The van der Waals surface area contributed by atoms with E-state index in [0.29, 0.717) is 22.1 Å². The van der Waals surface area contributed by atoms with Crippen LogP contribution in [0.2, 0.25) is 5.02 Å². The molecule has 17 heavy (non-hydrogen) atoms. The van der Waals surface area contributed by atoms with Gasteiger partial charge in [0.2, 0.25) is 0 Å². The molecule has 0 aliphatic heterocycles. The Morgan fingerprint density at radius 1 is 1.29 bits per heavy atom. The van der Waals surface area contributed by atoms with Crippen molar-refractivity contribution >= 4 is 17.6 Å². The van der Waals surface area contributed by atoms with Crippen molar-refractivity contribution in [2.75, 3.05) is 0 Å². The number of aromatic carboxylic acids is 1. The van der Waals surface area contributed by atoms with Crippen molar-refractivity contribution in [1.29, 1.82) is 0 Å². The number of rotatable bonds is 2. The molecule has 0 saturated heterocycles. The summed E-state index contributed by atoms with van der Waals surface area (Å²) >= 11 is 5.86. The quantitative estimate of drug-likeness (QED) is 0.888. The number of aromatic nitrogens is 2. The maximum atomic E-state index is 10.9. The number of hydrogen-bond acceptors (Lipinski definition) is 3. The van der Waals surface area contributed by atoms with Crippen LogP contribution >= 0.6 is 11.6 Å². The fraction of sp³-hybridized carbons (Fsp3) is 0.0833. The number of carboxylic acid groups (broad SMARTS) is 1. The minimum Gasteiger partial charge on any atom is -0.477 e. The molecule has 5 heteroatoms. The highest BCUT2D eigenvalue weighted by molar-refractivity contribution is 6.30. The summed E-state index contributed by atoms with van der Waals surface area (Å²) in [6, 6.07) is 8.41. The van der Waals surface area contributed by atoms with E-state index in [1.807, 2.05) is 0 Å². The zero-order chi connectivity index (χ0) is 12.4. The molecule has 1 heterocycles. The third-order valence-corrected chi connectivity index (χ3v) is 2.39. The van der Waals surface area contributed by atoms with Crippen LogP contribution in [-0.4, -0.2) is 21.0 Å². The number of benzene rings is 1. The molecule has 2 aromatic rings. The van der Waals surface area contributed by atoms with E-state index in [9.17, 15) is 4.79 Å². The first-order chi connectivity index (χ1) is 8.06.